The molecular formula is C27H23F3N4O6. The Morgan fingerprint density at radius 1 is 0.975 bits per heavy atom. The lowest BCUT2D eigenvalue weighted by Crippen LogP contribution is -2.42. The fourth-order valence-corrected chi connectivity index (χ4v) is 4.47. The number of carbonyl (C=O) groups excluding carboxylic acids is 3. The van der Waals surface area contributed by atoms with Crippen LogP contribution in [0.1, 0.15) is 39.2 Å². The van der Waals surface area contributed by atoms with E-state index in [1.165, 1.54) is 11.1 Å². The van der Waals surface area contributed by atoms with E-state index in [9.17, 15) is 28.0 Å². The molecule has 0 fully saturated rings. The van der Waals surface area contributed by atoms with Crippen LogP contribution in [0.5, 0.6) is 5.75 Å². The van der Waals surface area contributed by atoms with Crippen LogP contribution in [0, 0.1) is 5.21 Å². The first kappa shape index (κ1) is 28.1. The predicted octanol–water partition coefficient (Wildman–Crippen LogP) is 1.73. The maximum Gasteiger partial charge on any atom is 0.430 e. The Hall–Kier alpha value is -4.94. The van der Waals surface area contributed by atoms with Gasteiger partial charge in [-0.3, -0.25) is 14.5 Å². The van der Waals surface area contributed by atoms with Gasteiger partial charge in [-0.15, -0.1) is 0 Å². The maximum absolute atomic E-state index is 13.1. The molecule has 0 unspecified atom stereocenters. The SMILES string of the molecule is CC[n+]1c(CN2C(=O)c3ccccc3C2=O)n(Cc2cccc[n+]2[O-])c2cc(OC)ccc21.O=C([O-])C(F)(F)F. The molecule has 0 aliphatic carbocycles. The highest BCUT2D eigenvalue weighted by molar-refractivity contribution is 6.21. The predicted molar refractivity (Wildman–Crippen MR) is 131 cm³/mol. The summed E-state index contributed by atoms with van der Waals surface area (Å²) in [5, 5.41) is 21.2. The van der Waals surface area contributed by atoms with E-state index in [1.54, 1.807) is 43.5 Å². The van der Waals surface area contributed by atoms with Crippen molar-refractivity contribution in [2.75, 3.05) is 7.11 Å². The molecule has 5 rings (SSSR count). The van der Waals surface area contributed by atoms with Gasteiger partial charge in [-0.1, -0.05) is 12.1 Å². The van der Waals surface area contributed by atoms with Crippen molar-refractivity contribution < 1.29 is 46.7 Å². The number of aromatic nitrogens is 3. The van der Waals surface area contributed by atoms with Gasteiger partial charge in [-0.2, -0.15) is 17.9 Å². The lowest BCUT2D eigenvalue weighted by Gasteiger charge is -2.13. The average Bonchev–Trinajstić information content (AvgIpc) is 3.35. The van der Waals surface area contributed by atoms with E-state index in [-0.39, 0.29) is 24.9 Å². The fraction of sp³-hybridized carbons (Fsp3) is 0.222. The highest BCUT2D eigenvalue weighted by atomic mass is 19.4. The number of hydrogen-bond donors (Lipinski definition) is 0. The summed E-state index contributed by atoms with van der Waals surface area (Å²) in [7, 11) is 1.60. The van der Waals surface area contributed by atoms with Crippen molar-refractivity contribution in [2.24, 2.45) is 0 Å². The molecule has 2 amide bonds. The van der Waals surface area contributed by atoms with Gasteiger partial charge in [0, 0.05) is 18.2 Å². The molecule has 10 nitrogen and oxygen atoms in total. The molecule has 0 radical (unpaired) electrons. The molecule has 0 spiro atoms. The molecule has 0 N–H and O–H groups in total. The summed E-state index contributed by atoms with van der Waals surface area (Å²) in [4.78, 5) is 36.2. The molecule has 1 aliphatic heterocycles. The Morgan fingerprint density at radius 2 is 1.57 bits per heavy atom. The van der Waals surface area contributed by atoms with E-state index in [4.69, 9.17) is 14.6 Å². The van der Waals surface area contributed by atoms with Gasteiger partial charge in [0.05, 0.1) is 24.8 Å². The van der Waals surface area contributed by atoms with E-state index >= 15 is 0 Å². The van der Waals surface area contributed by atoms with Crippen LogP contribution < -0.4 is 19.1 Å². The second-order valence-corrected chi connectivity index (χ2v) is 8.65. The fourth-order valence-electron chi connectivity index (χ4n) is 4.47. The summed E-state index contributed by atoms with van der Waals surface area (Å²) in [6.07, 6.45) is -3.74. The molecule has 2 aromatic carbocycles. The number of rotatable bonds is 6. The number of carbonyl (C=O) groups is 3. The number of pyridine rings is 1. The number of aryl methyl sites for hydroxylation is 1. The number of imidazole rings is 1. The maximum atomic E-state index is 13.1. The third-order valence-electron chi connectivity index (χ3n) is 6.34. The molecule has 208 valence electrons. The van der Waals surface area contributed by atoms with Crippen LogP contribution in [0.2, 0.25) is 0 Å². The van der Waals surface area contributed by atoms with Crippen LogP contribution in [0.4, 0.5) is 13.2 Å². The van der Waals surface area contributed by atoms with Gasteiger partial charge in [0.15, 0.2) is 23.8 Å². The lowest BCUT2D eigenvalue weighted by atomic mass is 10.1. The monoisotopic (exact) mass is 556 g/mol. The number of nitrogens with zero attached hydrogens (tertiary/aromatic N) is 4. The molecule has 0 saturated carbocycles. The minimum atomic E-state index is -5.19. The molecule has 4 aromatic rings. The van der Waals surface area contributed by atoms with Crippen LogP contribution in [0.25, 0.3) is 11.0 Å². The summed E-state index contributed by atoms with van der Waals surface area (Å²) >= 11 is 0. The van der Waals surface area contributed by atoms with Gasteiger partial charge in [-0.05, 0) is 37.3 Å². The number of carboxylic acids is 1. The third kappa shape index (κ3) is 5.30. The normalized spacial score (nSPS) is 12.8. The van der Waals surface area contributed by atoms with Crippen molar-refractivity contribution in [3.8, 4) is 5.75 Å². The summed E-state index contributed by atoms with van der Waals surface area (Å²) in [6, 6.07) is 17.9. The first-order valence-corrected chi connectivity index (χ1v) is 12.0. The summed E-state index contributed by atoms with van der Waals surface area (Å²) in [5.74, 6) is -2.20. The lowest BCUT2D eigenvalue weighted by molar-refractivity contribution is -0.677. The number of amides is 2. The number of halogens is 3. The summed E-state index contributed by atoms with van der Waals surface area (Å²) in [6.45, 7) is 3.00. The van der Waals surface area contributed by atoms with Crippen LogP contribution >= 0.6 is 0 Å². The van der Waals surface area contributed by atoms with E-state index in [0.29, 0.717) is 29.1 Å². The zero-order valence-electron chi connectivity index (χ0n) is 21.3. The number of carboxylic acid groups (broad SMARTS) is 1. The average molecular weight is 556 g/mol. The Balaban J connectivity index is 0.000000470. The van der Waals surface area contributed by atoms with Gasteiger partial charge in [0.25, 0.3) is 17.6 Å². The molecule has 1 aliphatic rings. The van der Waals surface area contributed by atoms with E-state index < -0.39 is 12.1 Å². The third-order valence-corrected chi connectivity index (χ3v) is 6.34. The summed E-state index contributed by atoms with van der Waals surface area (Å²) < 4.78 is 41.9. The van der Waals surface area contributed by atoms with Crippen molar-refractivity contribution >= 4 is 28.8 Å². The molecule has 3 heterocycles. The van der Waals surface area contributed by atoms with Gasteiger partial charge >= 0.3 is 6.18 Å². The largest absolute Gasteiger partial charge is 0.618 e. The molecule has 13 heteroatoms. The van der Waals surface area contributed by atoms with E-state index in [0.717, 1.165) is 21.6 Å². The zero-order valence-corrected chi connectivity index (χ0v) is 21.3. The first-order valence-electron chi connectivity index (χ1n) is 12.0. The topological polar surface area (TPSA) is 122 Å². The highest BCUT2D eigenvalue weighted by Crippen LogP contribution is 2.27. The van der Waals surface area contributed by atoms with Gasteiger partial charge < -0.3 is 19.8 Å². The van der Waals surface area contributed by atoms with Gasteiger partial charge in [0.2, 0.25) is 5.69 Å². The van der Waals surface area contributed by atoms with Crippen molar-refractivity contribution in [2.45, 2.75) is 32.7 Å². The van der Waals surface area contributed by atoms with Crippen molar-refractivity contribution in [3.05, 3.63) is 94.7 Å². The Morgan fingerprint density at radius 3 is 2.10 bits per heavy atom. The van der Waals surface area contributed by atoms with Crippen LogP contribution in [0.3, 0.4) is 0 Å². The number of ether oxygens (including phenoxy) is 1. The molecule has 0 atom stereocenters. The Bertz CT molecular complexity index is 1580. The van der Waals surface area contributed by atoms with E-state index in [2.05, 4.69) is 4.57 Å². The highest BCUT2D eigenvalue weighted by Gasteiger charge is 2.39. The van der Waals surface area contributed by atoms with Crippen molar-refractivity contribution in [1.29, 1.82) is 0 Å². The minimum absolute atomic E-state index is 0.0862. The molecule has 40 heavy (non-hydrogen) atoms. The van der Waals surface area contributed by atoms with Crippen molar-refractivity contribution in [3.63, 3.8) is 0 Å². The molecule has 2 aromatic heterocycles. The van der Waals surface area contributed by atoms with Crippen LogP contribution in [-0.4, -0.2) is 40.5 Å². The number of fused-ring (bicyclic) bond motifs is 2. The first-order chi connectivity index (χ1) is 19.0. The Labute approximate surface area is 225 Å². The van der Waals surface area contributed by atoms with Crippen LogP contribution in [0.15, 0.2) is 66.9 Å². The van der Waals surface area contributed by atoms with Crippen LogP contribution in [-0.2, 0) is 24.4 Å². The minimum Gasteiger partial charge on any atom is -0.618 e. The smallest absolute Gasteiger partial charge is 0.430 e. The Kier molecular flexibility index (Phi) is 7.75. The number of alkyl halides is 3. The second-order valence-electron chi connectivity index (χ2n) is 8.65. The number of methoxy groups -OCH3 is 1. The van der Waals surface area contributed by atoms with E-state index in [1.807, 2.05) is 35.8 Å². The standard InChI is InChI=1S/C25H23N4O4.C2HF3O2/c1-3-26-21-12-11-18(33-2)14-22(21)27(15-17-8-6-7-13-29(17)32)23(26)16-28-24(30)19-9-4-5-10-20(19)25(28)31;3-2(4,5)1(6)7/h4-14H,3,15-16H2,1-2H3;(H,6,7)/q+1;/p-1. The number of imide groups is 1. The molecule has 0 saturated heterocycles. The molecule has 0 bridgehead atoms. The number of hydrogen-bond acceptors (Lipinski definition) is 6. The van der Waals surface area contributed by atoms with Crippen molar-refractivity contribution in [1.82, 2.24) is 9.47 Å². The second kappa shape index (κ2) is 11.0. The van der Waals surface area contributed by atoms with Gasteiger partial charge in [-0.25, -0.2) is 9.13 Å². The summed E-state index contributed by atoms with van der Waals surface area (Å²) in [5.41, 5.74) is 3.15. The number of benzene rings is 2. The van der Waals surface area contributed by atoms with Gasteiger partial charge in [0.1, 0.15) is 18.3 Å². The zero-order chi connectivity index (χ0) is 29.2. The molecular weight excluding hydrogens is 533 g/mol. The quantitative estimate of drug-likeness (QED) is 0.203. The number of aliphatic carboxylic acids is 1.